The number of halogens is 1. The Bertz CT molecular complexity index is 1220. The fourth-order valence-corrected chi connectivity index (χ4v) is 3.12. The van der Waals surface area contributed by atoms with E-state index in [1.807, 2.05) is 54.6 Å². The van der Waals surface area contributed by atoms with E-state index in [1.165, 1.54) is 12.1 Å². The summed E-state index contributed by atoms with van der Waals surface area (Å²) in [6, 6.07) is 19.1. The number of hydrogen-bond donors (Lipinski definition) is 2. The van der Waals surface area contributed by atoms with E-state index in [-0.39, 0.29) is 24.3 Å². The van der Waals surface area contributed by atoms with E-state index in [9.17, 15) is 4.39 Å². The Kier molecular flexibility index (Phi) is 6.47. The van der Waals surface area contributed by atoms with E-state index in [2.05, 4.69) is 10.1 Å². The van der Waals surface area contributed by atoms with Crippen LogP contribution in [-0.4, -0.2) is 21.7 Å². The van der Waals surface area contributed by atoms with Crippen molar-refractivity contribution < 1.29 is 18.8 Å². The van der Waals surface area contributed by atoms with Gasteiger partial charge in [-0.2, -0.15) is 5.26 Å². The molecule has 4 rings (SSSR count). The smallest absolute Gasteiger partial charge is 0.290 e. The van der Waals surface area contributed by atoms with Crippen LogP contribution < -0.4 is 5.73 Å². The lowest BCUT2D eigenvalue weighted by Gasteiger charge is -2.15. The van der Waals surface area contributed by atoms with Crippen LogP contribution in [0.2, 0.25) is 0 Å². The minimum absolute atomic E-state index is 0.161. The Hall–Kier alpha value is -4.09. The average molecular weight is 404 g/mol. The molecule has 0 aliphatic rings. The molecular formula is C22H17FN4O3. The summed E-state index contributed by atoms with van der Waals surface area (Å²) < 4.78 is 19.5. The van der Waals surface area contributed by atoms with Crippen molar-refractivity contribution in [3.05, 3.63) is 83.4 Å². The van der Waals surface area contributed by atoms with Gasteiger partial charge in [-0.25, -0.2) is 9.37 Å². The van der Waals surface area contributed by atoms with Gasteiger partial charge in [0, 0.05) is 23.4 Å². The maximum absolute atomic E-state index is 14.1. The van der Waals surface area contributed by atoms with Crippen molar-refractivity contribution in [1.82, 2.24) is 10.1 Å². The molecule has 1 atom stereocenters. The normalized spacial score (nSPS) is 11.2. The van der Waals surface area contributed by atoms with E-state index in [0.29, 0.717) is 11.3 Å². The van der Waals surface area contributed by atoms with Gasteiger partial charge >= 0.3 is 0 Å². The summed E-state index contributed by atoms with van der Waals surface area (Å²) in [7, 11) is 0. The molecule has 0 aliphatic carbocycles. The fourth-order valence-electron chi connectivity index (χ4n) is 3.12. The first-order valence-corrected chi connectivity index (χ1v) is 8.91. The van der Waals surface area contributed by atoms with E-state index in [1.54, 1.807) is 0 Å². The molecular weight excluding hydrogens is 387 g/mol. The van der Waals surface area contributed by atoms with Crippen molar-refractivity contribution in [1.29, 1.82) is 5.26 Å². The average Bonchev–Trinajstić information content (AvgIpc) is 3.20. The van der Waals surface area contributed by atoms with E-state index >= 15 is 0 Å². The van der Waals surface area contributed by atoms with Gasteiger partial charge in [-0.05, 0) is 29.8 Å². The lowest BCUT2D eigenvalue weighted by molar-refractivity contribution is -0.122. The lowest BCUT2D eigenvalue weighted by Crippen LogP contribution is -2.16. The Morgan fingerprint density at radius 3 is 2.63 bits per heavy atom. The number of fused-ring (bicyclic) bond motifs is 1. The second-order valence-corrected chi connectivity index (χ2v) is 6.27. The first kappa shape index (κ1) is 20.6. The zero-order valence-electron chi connectivity index (χ0n) is 15.7. The third kappa shape index (κ3) is 4.32. The predicted molar refractivity (Wildman–Crippen MR) is 108 cm³/mol. The van der Waals surface area contributed by atoms with Crippen molar-refractivity contribution in [3.8, 4) is 17.3 Å². The molecule has 0 bridgehead atoms. The summed E-state index contributed by atoms with van der Waals surface area (Å²) in [6.07, 6.45) is 0.161. The third-order valence-corrected chi connectivity index (χ3v) is 4.44. The fraction of sp³-hybridized carbons (Fsp3) is 0.0909. The van der Waals surface area contributed by atoms with E-state index in [4.69, 9.17) is 25.4 Å². The Morgan fingerprint density at radius 1 is 1.17 bits per heavy atom. The summed E-state index contributed by atoms with van der Waals surface area (Å²) >= 11 is 0. The first-order valence-electron chi connectivity index (χ1n) is 8.91. The molecule has 0 spiro atoms. The van der Waals surface area contributed by atoms with Gasteiger partial charge in [0.25, 0.3) is 6.47 Å². The molecule has 2 aromatic carbocycles. The number of carboxylic acid groups (broad SMARTS) is 1. The molecule has 30 heavy (non-hydrogen) atoms. The molecule has 4 aromatic rings. The number of pyridine rings is 1. The summed E-state index contributed by atoms with van der Waals surface area (Å²) in [6.45, 7) is -0.250. The van der Waals surface area contributed by atoms with Crippen LogP contribution in [0.25, 0.3) is 22.2 Å². The molecule has 150 valence electrons. The Balaban J connectivity index is 0.000000806. The first-order chi connectivity index (χ1) is 14.6. The lowest BCUT2D eigenvalue weighted by atomic mass is 9.94. The Labute approximate surface area is 171 Å². The number of nitrogens with two attached hydrogens (primary N) is 1. The van der Waals surface area contributed by atoms with Gasteiger partial charge in [-0.3, -0.25) is 4.79 Å². The number of benzene rings is 2. The van der Waals surface area contributed by atoms with Crippen molar-refractivity contribution >= 4 is 17.4 Å². The number of carbonyl (C=O) groups is 1. The highest BCUT2D eigenvalue weighted by molar-refractivity contribution is 5.92. The van der Waals surface area contributed by atoms with Crippen LogP contribution in [0.5, 0.6) is 0 Å². The van der Waals surface area contributed by atoms with Crippen LogP contribution in [-0.2, 0) is 11.2 Å². The second kappa shape index (κ2) is 9.41. The van der Waals surface area contributed by atoms with Gasteiger partial charge in [0.1, 0.15) is 23.3 Å². The summed E-state index contributed by atoms with van der Waals surface area (Å²) in [5.74, 6) is -0.478. The molecule has 0 radical (unpaired) electrons. The molecule has 0 amide bonds. The van der Waals surface area contributed by atoms with Crippen molar-refractivity contribution in [2.75, 3.05) is 0 Å². The minimum Gasteiger partial charge on any atom is -0.483 e. The summed E-state index contributed by atoms with van der Waals surface area (Å²) in [5.41, 5.74) is 9.73. The van der Waals surface area contributed by atoms with E-state index in [0.717, 1.165) is 16.5 Å². The number of aromatic nitrogens is 2. The standard InChI is InChI=1S/C21H15FN4O.CH2O2/c22-17-10-9-13(12-23)25-19(17)11-18(24)14-5-1-2-6-15(14)21-16-7-3-4-8-20(16)27-26-21;2-1-3/h1-10,18H,11,24H2;1H,(H,2,3)/t18-;/m0./s1. The van der Waals surface area contributed by atoms with Crippen molar-refractivity contribution in [3.63, 3.8) is 0 Å². The quantitative estimate of drug-likeness (QED) is 0.495. The van der Waals surface area contributed by atoms with Gasteiger partial charge in [0.15, 0.2) is 5.58 Å². The van der Waals surface area contributed by atoms with Gasteiger partial charge in [-0.15, -0.1) is 0 Å². The van der Waals surface area contributed by atoms with Crippen molar-refractivity contribution in [2.24, 2.45) is 5.73 Å². The number of nitrogens with zero attached hydrogens (tertiary/aromatic N) is 3. The van der Waals surface area contributed by atoms with Crippen LogP contribution in [0.1, 0.15) is 23.0 Å². The van der Waals surface area contributed by atoms with Gasteiger partial charge in [0.05, 0.1) is 5.69 Å². The zero-order valence-corrected chi connectivity index (χ0v) is 15.7. The summed E-state index contributed by atoms with van der Waals surface area (Å²) in [5, 5.41) is 21.0. The number of nitriles is 1. The highest BCUT2D eigenvalue weighted by Gasteiger charge is 2.19. The molecule has 0 fully saturated rings. The second-order valence-electron chi connectivity index (χ2n) is 6.27. The van der Waals surface area contributed by atoms with Crippen LogP contribution >= 0.6 is 0 Å². The van der Waals surface area contributed by atoms with Crippen LogP contribution in [0.4, 0.5) is 4.39 Å². The van der Waals surface area contributed by atoms with Crippen LogP contribution in [0.15, 0.2) is 65.2 Å². The van der Waals surface area contributed by atoms with Crippen LogP contribution in [0, 0.1) is 17.1 Å². The molecule has 0 aliphatic heterocycles. The SMILES string of the molecule is N#Cc1ccc(F)c(C[C@H](N)c2ccccc2-c2noc3ccccc23)n1.O=CO. The number of rotatable bonds is 4. The molecule has 2 aromatic heterocycles. The molecule has 7 nitrogen and oxygen atoms in total. The number of hydrogen-bond acceptors (Lipinski definition) is 6. The molecule has 3 N–H and O–H groups in total. The topological polar surface area (TPSA) is 126 Å². The zero-order chi connectivity index (χ0) is 21.5. The van der Waals surface area contributed by atoms with E-state index < -0.39 is 11.9 Å². The third-order valence-electron chi connectivity index (χ3n) is 4.44. The van der Waals surface area contributed by atoms with Gasteiger partial charge in [-0.1, -0.05) is 41.6 Å². The van der Waals surface area contributed by atoms with Gasteiger partial charge < -0.3 is 15.4 Å². The highest BCUT2D eigenvalue weighted by Crippen LogP contribution is 2.33. The molecule has 8 heteroatoms. The predicted octanol–water partition coefficient (Wildman–Crippen LogP) is 3.84. The highest BCUT2D eigenvalue weighted by atomic mass is 19.1. The maximum atomic E-state index is 14.1. The Morgan fingerprint density at radius 2 is 1.87 bits per heavy atom. The number of para-hydroxylation sites is 1. The molecule has 0 saturated heterocycles. The maximum Gasteiger partial charge on any atom is 0.290 e. The molecule has 2 heterocycles. The largest absolute Gasteiger partial charge is 0.483 e. The van der Waals surface area contributed by atoms with Crippen LogP contribution in [0.3, 0.4) is 0 Å². The monoisotopic (exact) mass is 404 g/mol. The molecule has 0 saturated carbocycles. The summed E-state index contributed by atoms with van der Waals surface area (Å²) in [4.78, 5) is 12.4. The molecule has 0 unspecified atom stereocenters. The van der Waals surface area contributed by atoms with Crippen molar-refractivity contribution in [2.45, 2.75) is 12.5 Å². The van der Waals surface area contributed by atoms with Gasteiger partial charge in [0.2, 0.25) is 0 Å². The minimum atomic E-state index is -0.521.